The number of nitrogens with zero attached hydrogens (tertiary/aromatic N) is 3. The molecule has 0 bridgehead atoms. The van der Waals surface area contributed by atoms with Crippen molar-refractivity contribution in [1.29, 1.82) is 0 Å². The molecule has 0 saturated heterocycles. The Labute approximate surface area is 121 Å². The van der Waals surface area contributed by atoms with Crippen LogP contribution in [0.4, 0.5) is 0 Å². The molecule has 0 aliphatic carbocycles. The standard InChI is InChI=1S/C13H20BrN3S/c1-3-12(4-2)16(6-5-14)9-11-10-17-7-8-18-13(17)15-11/h7-8,10,12H,3-6,9H2,1-2H3. The second kappa shape index (κ2) is 6.68. The van der Waals surface area contributed by atoms with Crippen LogP contribution in [0.3, 0.4) is 0 Å². The third-order valence-corrected chi connectivity index (χ3v) is 4.46. The Kier molecular flexibility index (Phi) is 5.21. The van der Waals surface area contributed by atoms with E-state index in [9.17, 15) is 0 Å². The summed E-state index contributed by atoms with van der Waals surface area (Å²) in [6.45, 7) is 6.56. The van der Waals surface area contributed by atoms with Crippen LogP contribution in [0.15, 0.2) is 17.8 Å². The number of imidazole rings is 1. The highest BCUT2D eigenvalue weighted by Crippen LogP contribution is 2.16. The number of hydrogen-bond acceptors (Lipinski definition) is 3. The third-order valence-electron chi connectivity index (χ3n) is 3.34. The molecule has 0 aliphatic rings. The smallest absolute Gasteiger partial charge is 0.193 e. The minimum Gasteiger partial charge on any atom is -0.297 e. The van der Waals surface area contributed by atoms with Crippen LogP contribution in [-0.4, -0.2) is 32.2 Å². The van der Waals surface area contributed by atoms with Crippen LogP contribution in [-0.2, 0) is 6.54 Å². The van der Waals surface area contributed by atoms with E-state index in [1.165, 1.54) is 18.5 Å². The maximum Gasteiger partial charge on any atom is 0.193 e. The van der Waals surface area contributed by atoms with Crippen molar-refractivity contribution in [3.63, 3.8) is 0 Å². The lowest BCUT2D eigenvalue weighted by molar-refractivity contribution is 0.187. The van der Waals surface area contributed by atoms with Crippen LogP contribution < -0.4 is 0 Å². The third kappa shape index (κ3) is 3.13. The summed E-state index contributed by atoms with van der Waals surface area (Å²) in [6.07, 6.45) is 6.62. The molecule has 0 N–H and O–H groups in total. The second-order valence-electron chi connectivity index (χ2n) is 4.45. The van der Waals surface area contributed by atoms with Crippen molar-refractivity contribution in [1.82, 2.24) is 14.3 Å². The van der Waals surface area contributed by atoms with Crippen molar-refractivity contribution in [3.05, 3.63) is 23.5 Å². The van der Waals surface area contributed by atoms with Crippen molar-refractivity contribution in [2.75, 3.05) is 11.9 Å². The SMILES string of the molecule is CCC(CC)N(CCBr)Cc1cn2ccsc2n1. The molecule has 2 rings (SSSR count). The van der Waals surface area contributed by atoms with Crippen molar-refractivity contribution in [2.24, 2.45) is 0 Å². The zero-order chi connectivity index (χ0) is 13.0. The fourth-order valence-corrected chi connectivity index (χ4v) is 3.54. The number of rotatable bonds is 7. The van der Waals surface area contributed by atoms with Gasteiger partial charge in [0.2, 0.25) is 0 Å². The molecule has 2 heterocycles. The predicted molar refractivity (Wildman–Crippen MR) is 81.6 cm³/mol. The van der Waals surface area contributed by atoms with Gasteiger partial charge in [-0.1, -0.05) is 29.8 Å². The Morgan fingerprint density at radius 1 is 1.44 bits per heavy atom. The van der Waals surface area contributed by atoms with Gasteiger partial charge in [-0.25, -0.2) is 4.98 Å². The molecular formula is C13H20BrN3S. The lowest BCUT2D eigenvalue weighted by Gasteiger charge is -2.29. The van der Waals surface area contributed by atoms with Crippen LogP contribution in [0.25, 0.3) is 4.96 Å². The lowest BCUT2D eigenvalue weighted by Crippen LogP contribution is -2.35. The average molecular weight is 330 g/mol. The molecule has 0 amide bonds. The summed E-state index contributed by atoms with van der Waals surface area (Å²) in [5, 5.41) is 3.09. The Morgan fingerprint density at radius 3 is 2.83 bits per heavy atom. The van der Waals surface area contributed by atoms with Gasteiger partial charge in [-0.2, -0.15) is 0 Å². The van der Waals surface area contributed by atoms with E-state index in [0.717, 1.165) is 23.4 Å². The molecule has 0 spiro atoms. The van der Waals surface area contributed by atoms with E-state index >= 15 is 0 Å². The maximum absolute atomic E-state index is 4.67. The first-order valence-corrected chi connectivity index (χ1v) is 8.49. The fourth-order valence-electron chi connectivity index (χ4n) is 2.36. The van der Waals surface area contributed by atoms with Gasteiger partial charge < -0.3 is 0 Å². The predicted octanol–water partition coefficient (Wildman–Crippen LogP) is 3.78. The molecule has 2 aromatic heterocycles. The zero-order valence-corrected chi connectivity index (χ0v) is 13.4. The van der Waals surface area contributed by atoms with Gasteiger partial charge in [0.05, 0.1) is 5.69 Å². The number of hydrogen-bond donors (Lipinski definition) is 0. The molecule has 2 aromatic rings. The Morgan fingerprint density at radius 2 is 2.22 bits per heavy atom. The minimum absolute atomic E-state index is 0.655. The molecule has 0 saturated carbocycles. The monoisotopic (exact) mass is 329 g/mol. The largest absolute Gasteiger partial charge is 0.297 e. The highest BCUT2D eigenvalue weighted by Gasteiger charge is 2.16. The Bertz CT molecular complexity index is 447. The highest BCUT2D eigenvalue weighted by molar-refractivity contribution is 9.09. The van der Waals surface area contributed by atoms with Gasteiger partial charge in [-0.15, -0.1) is 11.3 Å². The van der Waals surface area contributed by atoms with Gasteiger partial charge in [-0.3, -0.25) is 9.30 Å². The molecular weight excluding hydrogens is 310 g/mol. The molecule has 5 heteroatoms. The lowest BCUT2D eigenvalue weighted by atomic mass is 10.1. The molecule has 0 radical (unpaired) electrons. The summed E-state index contributed by atoms with van der Waals surface area (Å²) in [7, 11) is 0. The van der Waals surface area contributed by atoms with E-state index in [2.05, 4.69) is 61.8 Å². The maximum atomic E-state index is 4.67. The van der Waals surface area contributed by atoms with E-state index in [0.29, 0.717) is 6.04 Å². The molecule has 0 aromatic carbocycles. The number of aromatic nitrogens is 2. The topological polar surface area (TPSA) is 20.5 Å². The van der Waals surface area contributed by atoms with Crippen molar-refractivity contribution in [3.8, 4) is 0 Å². The van der Waals surface area contributed by atoms with E-state index in [1.807, 2.05) is 0 Å². The quantitative estimate of drug-likeness (QED) is 0.720. The van der Waals surface area contributed by atoms with Gasteiger partial charge in [-0.05, 0) is 12.8 Å². The van der Waals surface area contributed by atoms with Crippen LogP contribution in [0.1, 0.15) is 32.4 Å². The summed E-state index contributed by atoms with van der Waals surface area (Å²) in [4.78, 5) is 8.29. The van der Waals surface area contributed by atoms with Crippen LogP contribution in [0.5, 0.6) is 0 Å². The molecule has 100 valence electrons. The Balaban J connectivity index is 2.10. The van der Waals surface area contributed by atoms with Crippen molar-refractivity contribution < 1.29 is 0 Å². The van der Waals surface area contributed by atoms with Crippen LogP contribution >= 0.6 is 27.3 Å². The summed E-state index contributed by atoms with van der Waals surface area (Å²) in [5.74, 6) is 0. The van der Waals surface area contributed by atoms with Gasteiger partial charge in [0.1, 0.15) is 0 Å². The number of alkyl halides is 1. The van der Waals surface area contributed by atoms with Gasteiger partial charge >= 0.3 is 0 Å². The van der Waals surface area contributed by atoms with Crippen LogP contribution in [0, 0.1) is 0 Å². The van der Waals surface area contributed by atoms with E-state index < -0.39 is 0 Å². The molecule has 0 fully saturated rings. The first-order valence-electron chi connectivity index (χ1n) is 6.49. The first kappa shape index (κ1) is 14.0. The number of fused-ring (bicyclic) bond motifs is 1. The summed E-state index contributed by atoms with van der Waals surface area (Å²) < 4.78 is 2.11. The zero-order valence-electron chi connectivity index (χ0n) is 11.0. The minimum atomic E-state index is 0.655. The molecule has 0 aliphatic heterocycles. The fraction of sp³-hybridized carbons (Fsp3) is 0.615. The number of halogens is 1. The van der Waals surface area contributed by atoms with E-state index in [4.69, 9.17) is 0 Å². The highest BCUT2D eigenvalue weighted by atomic mass is 79.9. The molecule has 18 heavy (non-hydrogen) atoms. The van der Waals surface area contributed by atoms with Gasteiger partial charge in [0, 0.05) is 42.2 Å². The normalized spacial score (nSPS) is 12.1. The summed E-state index contributed by atoms with van der Waals surface area (Å²) in [6, 6.07) is 0.655. The van der Waals surface area contributed by atoms with E-state index in [1.54, 1.807) is 11.3 Å². The average Bonchev–Trinajstić information content (AvgIpc) is 2.91. The molecule has 0 unspecified atom stereocenters. The van der Waals surface area contributed by atoms with Crippen molar-refractivity contribution >= 4 is 32.2 Å². The van der Waals surface area contributed by atoms with E-state index in [-0.39, 0.29) is 0 Å². The van der Waals surface area contributed by atoms with Gasteiger partial charge in [0.25, 0.3) is 0 Å². The summed E-state index contributed by atoms with van der Waals surface area (Å²) >= 11 is 5.24. The first-order chi connectivity index (χ1) is 8.78. The van der Waals surface area contributed by atoms with Crippen molar-refractivity contribution in [2.45, 2.75) is 39.3 Å². The second-order valence-corrected chi connectivity index (χ2v) is 6.12. The molecule has 3 nitrogen and oxygen atoms in total. The number of thiazole rings is 1. The van der Waals surface area contributed by atoms with Crippen LogP contribution in [0.2, 0.25) is 0 Å². The summed E-state index contributed by atoms with van der Waals surface area (Å²) in [5.41, 5.74) is 1.18. The molecule has 0 atom stereocenters. The van der Waals surface area contributed by atoms with Gasteiger partial charge in [0.15, 0.2) is 4.96 Å². The Hall–Kier alpha value is -0.390.